The highest BCUT2D eigenvalue weighted by molar-refractivity contribution is 6.76. The quantitative estimate of drug-likeness (QED) is 0.270. The average molecular weight is 501 g/mol. The van der Waals surface area contributed by atoms with Gasteiger partial charge in [0.1, 0.15) is 6.10 Å². The maximum absolute atomic E-state index is 12.6. The second kappa shape index (κ2) is 10.5. The number of hydrogen-bond acceptors (Lipinski definition) is 7. The summed E-state index contributed by atoms with van der Waals surface area (Å²) in [4.78, 5) is 25.1. The van der Waals surface area contributed by atoms with Gasteiger partial charge in [0, 0.05) is 6.42 Å². The van der Waals surface area contributed by atoms with E-state index in [-0.39, 0.29) is 6.42 Å². The van der Waals surface area contributed by atoms with E-state index in [9.17, 15) is 9.59 Å². The van der Waals surface area contributed by atoms with Crippen LogP contribution in [0.1, 0.15) is 34.1 Å². The van der Waals surface area contributed by atoms with E-state index < -0.39 is 46.2 Å². The van der Waals surface area contributed by atoms with E-state index in [2.05, 4.69) is 0 Å². The molecule has 32 heavy (non-hydrogen) atoms. The molecular formula is C22H20Cl3NO6. The number of halogens is 3. The van der Waals surface area contributed by atoms with Crippen LogP contribution in [0.15, 0.2) is 60.7 Å². The Bertz CT molecular complexity index is 951. The van der Waals surface area contributed by atoms with Crippen LogP contribution in [-0.4, -0.2) is 46.2 Å². The summed E-state index contributed by atoms with van der Waals surface area (Å²) in [6.45, 7) is 1.66. The summed E-state index contributed by atoms with van der Waals surface area (Å²) < 4.78 is 20.1. The Morgan fingerprint density at radius 1 is 0.875 bits per heavy atom. The van der Waals surface area contributed by atoms with Gasteiger partial charge in [0.25, 0.3) is 3.79 Å². The molecule has 1 heterocycles. The standard InChI is InChI=1S/C22H20Cl3NO6/c1-13-16(30-18(27)14-8-4-2-5-9-14)12-17(20(29-13)32-21(26)22(23,24)25)31-19(28)15-10-6-3-7-11-15/h2-11,13,16-17,20,26H,12H2,1H3/t13?,16-,17+,20+/m1/s1. The molecule has 2 aromatic rings. The van der Waals surface area contributed by atoms with Gasteiger partial charge in [-0.05, 0) is 31.2 Å². The number of ether oxygens (including phenoxy) is 4. The van der Waals surface area contributed by atoms with Crippen molar-refractivity contribution in [2.75, 3.05) is 0 Å². The van der Waals surface area contributed by atoms with Gasteiger partial charge in [-0.25, -0.2) is 9.59 Å². The van der Waals surface area contributed by atoms with E-state index >= 15 is 0 Å². The lowest BCUT2D eigenvalue weighted by atomic mass is 10.0. The minimum Gasteiger partial charge on any atom is -0.456 e. The molecule has 1 fully saturated rings. The Balaban J connectivity index is 1.77. The number of rotatable bonds is 5. The van der Waals surface area contributed by atoms with E-state index in [1.165, 1.54) is 0 Å². The third-order valence-corrected chi connectivity index (χ3v) is 5.18. The van der Waals surface area contributed by atoms with Gasteiger partial charge >= 0.3 is 11.9 Å². The molecule has 0 aliphatic carbocycles. The van der Waals surface area contributed by atoms with Crippen LogP contribution in [0.3, 0.4) is 0 Å². The van der Waals surface area contributed by atoms with E-state index in [4.69, 9.17) is 59.2 Å². The summed E-state index contributed by atoms with van der Waals surface area (Å²) >= 11 is 17.1. The maximum atomic E-state index is 12.6. The molecular weight excluding hydrogens is 481 g/mol. The summed E-state index contributed by atoms with van der Waals surface area (Å²) in [6.07, 6.45) is -3.64. The molecule has 1 aliphatic heterocycles. The van der Waals surface area contributed by atoms with Gasteiger partial charge in [-0.15, -0.1) is 0 Å². The summed E-state index contributed by atoms with van der Waals surface area (Å²) in [7, 11) is 0. The summed E-state index contributed by atoms with van der Waals surface area (Å²) in [5, 5.41) is 7.83. The lowest BCUT2D eigenvalue weighted by Gasteiger charge is -2.39. The van der Waals surface area contributed by atoms with Gasteiger partial charge in [-0.2, -0.15) is 0 Å². The SMILES string of the molecule is CC1O[C@@H](OC(=N)C(Cl)(Cl)Cl)[C@@H](OC(=O)c2ccccc2)C[C@H]1OC(=O)c1ccccc1. The number of carbonyl (C=O) groups excluding carboxylic acids is 2. The second-order valence-corrected chi connectivity index (χ2v) is 9.29. The second-order valence-electron chi connectivity index (χ2n) is 7.01. The average Bonchev–Trinajstić information content (AvgIpc) is 2.77. The predicted octanol–water partition coefficient (Wildman–Crippen LogP) is 4.94. The van der Waals surface area contributed by atoms with Crippen LogP contribution in [0.2, 0.25) is 0 Å². The van der Waals surface area contributed by atoms with Crippen LogP contribution in [-0.2, 0) is 18.9 Å². The van der Waals surface area contributed by atoms with Gasteiger partial charge in [0.15, 0.2) is 6.10 Å². The number of hydrogen-bond donors (Lipinski definition) is 1. The van der Waals surface area contributed by atoms with Gasteiger partial charge in [0.05, 0.1) is 17.2 Å². The smallest absolute Gasteiger partial charge is 0.338 e. The van der Waals surface area contributed by atoms with Crippen molar-refractivity contribution < 1.29 is 28.5 Å². The zero-order valence-electron chi connectivity index (χ0n) is 16.9. The van der Waals surface area contributed by atoms with Crippen molar-refractivity contribution in [3.05, 3.63) is 71.8 Å². The molecule has 0 aromatic heterocycles. The first kappa shape index (κ1) is 24.3. The lowest BCUT2D eigenvalue weighted by Crippen LogP contribution is -2.51. The van der Waals surface area contributed by atoms with Crippen LogP contribution >= 0.6 is 34.8 Å². The van der Waals surface area contributed by atoms with Crippen LogP contribution in [0.5, 0.6) is 0 Å². The monoisotopic (exact) mass is 499 g/mol. The maximum Gasteiger partial charge on any atom is 0.338 e. The number of carbonyl (C=O) groups is 2. The topological polar surface area (TPSA) is 94.9 Å². The summed E-state index contributed by atoms with van der Waals surface area (Å²) in [5.41, 5.74) is 0.674. The molecule has 3 rings (SSSR count). The zero-order valence-corrected chi connectivity index (χ0v) is 19.1. The Kier molecular flexibility index (Phi) is 8.00. The van der Waals surface area contributed by atoms with Crippen LogP contribution in [0.25, 0.3) is 0 Å². The Morgan fingerprint density at radius 3 is 1.81 bits per heavy atom. The van der Waals surface area contributed by atoms with Crippen molar-refractivity contribution in [2.45, 2.75) is 41.7 Å². The zero-order chi connectivity index (χ0) is 23.3. The highest BCUT2D eigenvalue weighted by atomic mass is 35.6. The number of esters is 2. The van der Waals surface area contributed by atoms with Crippen LogP contribution in [0, 0.1) is 5.41 Å². The van der Waals surface area contributed by atoms with Gasteiger partial charge in [-0.3, -0.25) is 5.41 Å². The van der Waals surface area contributed by atoms with Crippen molar-refractivity contribution in [1.82, 2.24) is 0 Å². The molecule has 0 saturated carbocycles. The van der Waals surface area contributed by atoms with Gasteiger partial charge in [-0.1, -0.05) is 71.2 Å². The van der Waals surface area contributed by atoms with E-state index in [0.717, 1.165) is 0 Å². The highest BCUT2D eigenvalue weighted by Crippen LogP contribution is 2.32. The van der Waals surface area contributed by atoms with E-state index in [1.807, 2.05) is 0 Å². The molecule has 1 unspecified atom stereocenters. The molecule has 0 bridgehead atoms. The molecule has 1 aliphatic rings. The summed E-state index contributed by atoms with van der Waals surface area (Å²) in [5.74, 6) is -1.89. The van der Waals surface area contributed by atoms with Crippen molar-refractivity contribution >= 4 is 52.6 Å². The van der Waals surface area contributed by atoms with Gasteiger partial charge in [0.2, 0.25) is 12.2 Å². The van der Waals surface area contributed by atoms with Crippen molar-refractivity contribution in [3.63, 3.8) is 0 Å². The molecule has 4 atom stereocenters. The first-order valence-corrected chi connectivity index (χ1v) is 10.8. The number of benzene rings is 2. The van der Waals surface area contributed by atoms with Gasteiger partial charge < -0.3 is 18.9 Å². The minimum absolute atomic E-state index is 0.0517. The molecule has 0 amide bonds. The molecule has 0 radical (unpaired) electrons. The minimum atomic E-state index is -2.13. The normalized spacial score (nSPS) is 23.1. The third-order valence-electron chi connectivity index (χ3n) is 4.67. The fourth-order valence-corrected chi connectivity index (χ4v) is 3.15. The van der Waals surface area contributed by atoms with Crippen LogP contribution in [0.4, 0.5) is 0 Å². The molecule has 10 heteroatoms. The third kappa shape index (κ3) is 6.36. The van der Waals surface area contributed by atoms with Crippen molar-refractivity contribution in [1.29, 1.82) is 5.41 Å². The predicted molar refractivity (Wildman–Crippen MR) is 119 cm³/mol. The molecule has 1 N–H and O–H groups in total. The van der Waals surface area contributed by atoms with E-state index in [1.54, 1.807) is 67.6 Å². The highest BCUT2D eigenvalue weighted by Gasteiger charge is 2.44. The fraction of sp³-hybridized carbons (Fsp3) is 0.318. The van der Waals surface area contributed by atoms with E-state index in [0.29, 0.717) is 11.1 Å². The lowest BCUT2D eigenvalue weighted by molar-refractivity contribution is -0.234. The summed E-state index contributed by atoms with van der Waals surface area (Å²) in [6, 6.07) is 16.8. The number of nitrogens with one attached hydrogen (secondary N) is 1. The number of alkyl halides is 3. The van der Waals surface area contributed by atoms with Crippen LogP contribution < -0.4 is 0 Å². The largest absolute Gasteiger partial charge is 0.456 e. The molecule has 0 spiro atoms. The Morgan fingerprint density at radius 2 is 1.34 bits per heavy atom. The Labute approximate surface area is 200 Å². The fourth-order valence-electron chi connectivity index (χ4n) is 3.01. The Hall–Kier alpha value is -2.32. The van der Waals surface area contributed by atoms with Crippen molar-refractivity contribution in [2.24, 2.45) is 0 Å². The first-order valence-electron chi connectivity index (χ1n) is 9.65. The first-order chi connectivity index (χ1) is 15.1. The molecule has 170 valence electrons. The molecule has 2 aromatic carbocycles. The molecule has 7 nitrogen and oxygen atoms in total. The van der Waals surface area contributed by atoms with Crippen molar-refractivity contribution in [3.8, 4) is 0 Å². The molecule has 1 saturated heterocycles.